The number of amides is 1. The van der Waals surface area contributed by atoms with Gasteiger partial charge in [-0.15, -0.1) is 0 Å². The highest BCUT2D eigenvalue weighted by molar-refractivity contribution is 5.92. The first-order chi connectivity index (χ1) is 12.9. The van der Waals surface area contributed by atoms with Crippen LogP contribution in [0.2, 0.25) is 0 Å². The molecule has 3 rings (SSSR count). The molecular weight excluding hydrogens is 336 g/mol. The second kappa shape index (κ2) is 7.99. The summed E-state index contributed by atoms with van der Waals surface area (Å²) in [4.78, 5) is 21.4. The molecule has 27 heavy (non-hydrogen) atoms. The van der Waals surface area contributed by atoms with E-state index in [-0.39, 0.29) is 5.91 Å². The number of hydrogen-bond acceptors (Lipinski definition) is 4. The van der Waals surface area contributed by atoms with Crippen molar-refractivity contribution in [1.82, 2.24) is 15.3 Å². The van der Waals surface area contributed by atoms with Crippen LogP contribution in [0.1, 0.15) is 38.4 Å². The van der Waals surface area contributed by atoms with Crippen LogP contribution < -0.4 is 10.6 Å². The lowest BCUT2D eigenvalue weighted by molar-refractivity contribution is 0.0945. The molecule has 0 aliphatic rings. The quantitative estimate of drug-likeness (QED) is 0.708. The average molecular weight is 360 g/mol. The number of rotatable bonds is 5. The van der Waals surface area contributed by atoms with Gasteiger partial charge in [-0.05, 0) is 56.0 Å². The Morgan fingerprint density at radius 3 is 2.26 bits per heavy atom. The van der Waals surface area contributed by atoms with E-state index in [2.05, 4.69) is 20.6 Å². The molecule has 0 aliphatic carbocycles. The Balaban J connectivity index is 1.78. The SMILES string of the molecule is Cc1cc(C(=O)NCc2ccccc2C)nc(Nc2c(C)cccc2C)n1. The molecule has 0 spiro atoms. The minimum Gasteiger partial charge on any atom is -0.347 e. The molecule has 0 atom stereocenters. The number of anilines is 2. The lowest BCUT2D eigenvalue weighted by Crippen LogP contribution is -2.24. The molecule has 3 aromatic rings. The normalized spacial score (nSPS) is 10.5. The molecule has 1 heterocycles. The maximum atomic E-state index is 12.6. The zero-order valence-corrected chi connectivity index (χ0v) is 16.1. The third-order valence-corrected chi connectivity index (χ3v) is 4.51. The fourth-order valence-corrected chi connectivity index (χ4v) is 2.94. The molecule has 0 saturated carbocycles. The van der Waals surface area contributed by atoms with Gasteiger partial charge in [0.05, 0.1) is 0 Å². The zero-order valence-electron chi connectivity index (χ0n) is 16.1. The van der Waals surface area contributed by atoms with Gasteiger partial charge in [-0.25, -0.2) is 9.97 Å². The van der Waals surface area contributed by atoms with Crippen LogP contribution in [0.3, 0.4) is 0 Å². The summed E-state index contributed by atoms with van der Waals surface area (Å²) in [5, 5.41) is 6.20. The van der Waals surface area contributed by atoms with Crippen molar-refractivity contribution in [3.8, 4) is 0 Å². The number of para-hydroxylation sites is 1. The predicted molar refractivity (Wildman–Crippen MR) is 108 cm³/mol. The molecule has 0 bridgehead atoms. The first-order valence-electron chi connectivity index (χ1n) is 8.95. The molecule has 0 unspecified atom stereocenters. The summed E-state index contributed by atoms with van der Waals surface area (Å²) in [6.07, 6.45) is 0. The summed E-state index contributed by atoms with van der Waals surface area (Å²) in [7, 11) is 0. The monoisotopic (exact) mass is 360 g/mol. The summed E-state index contributed by atoms with van der Waals surface area (Å²) in [5.41, 5.74) is 6.50. The second-order valence-corrected chi connectivity index (χ2v) is 6.72. The van der Waals surface area contributed by atoms with Crippen LogP contribution in [0.15, 0.2) is 48.5 Å². The number of carbonyl (C=O) groups excluding carboxylic acids is 1. The number of aromatic nitrogens is 2. The molecule has 0 saturated heterocycles. The van der Waals surface area contributed by atoms with E-state index in [4.69, 9.17) is 0 Å². The van der Waals surface area contributed by atoms with E-state index in [1.807, 2.05) is 70.2 Å². The molecule has 2 N–H and O–H groups in total. The number of carbonyl (C=O) groups is 1. The highest BCUT2D eigenvalue weighted by Crippen LogP contribution is 2.22. The molecule has 1 aromatic heterocycles. The van der Waals surface area contributed by atoms with Crippen LogP contribution in [0.25, 0.3) is 0 Å². The summed E-state index contributed by atoms with van der Waals surface area (Å²) in [6, 6.07) is 15.8. The van der Waals surface area contributed by atoms with E-state index < -0.39 is 0 Å². The third kappa shape index (κ3) is 4.50. The third-order valence-electron chi connectivity index (χ3n) is 4.51. The number of nitrogens with zero attached hydrogens (tertiary/aromatic N) is 2. The van der Waals surface area contributed by atoms with Gasteiger partial charge >= 0.3 is 0 Å². The molecule has 0 radical (unpaired) electrons. The molecule has 5 heteroatoms. The Labute approximate surface area is 159 Å². The van der Waals surface area contributed by atoms with E-state index in [0.29, 0.717) is 18.2 Å². The number of benzene rings is 2. The van der Waals surface area contributed by atoms with Crippen molar-refractivity contribution in [3.05, 3.63) is 82.2 Å². The molecular formula is C22H24N4O. The second-order valence-electron chi connectivity index (χ2n) is 6.72. The van der Waals surface area contributed by atoms with Crippen molar-refractivity contribution in [1.29, 1.82) is 0 Å². The van der Waals surface area contributed by atoms with Crippen molar-refractivity contribution < 1.29 is 4.79 Å². The molecule has 0 aliphatic heterocycles. The van der Waals surface area contributed by atoms with Gasteiger partial charge in [0, 0.05) is 17.9 Å². The minimum absolute atomic E-state index is 0.215. The largest absolute Gasteiger partial charge is 0.347 e. The van der Waals surface area contributed by atoms with Crippen molar-refractivity contribution in [2.75, 3.05) is 5.32 Å². The van der Waals surface area contributed by atoms with Crippen molar-refractivity contribution >= 4 is 17.5 Å². The standard InChI is InChI=1S/C22H24N4O/c1-14-8-5-6-11-18(14)13-23-21(27)19-12-17(4)24-22(25-19)26-20-15(2)9-7-10-16(20)3/h5-12H,13H2,1-4H3,(H,23,27)(H,24,25,26). The zero-order chi connectivity index (χ0) is 19.4. The number of aryl methyl sites for hydroxylation is 4. The van der Waals surface area contributed by atoms with Crippen LogP contribution in [0.5, 0.6) is 0 Å². The van der Waals surface area contributed by atoms with Gasteiger partial charge in [-0.3, -0.25) is 4.79 Å². The Hall–Kier alpha value is -3.21. The van der Waals surface area contributed by atoms with Gasteiger partial charge in [0.2, 0.25) is 5.95 Å². The van der Waals surface area contributed by atoms with Gasteiger partial charge in [-0.2, -0.15) is 0 Å². The van der Waals surface area contributed by atoms with Crippen LogP contribution in [-0.4, -0.2) is 15.9 Å². The van der Waals surface area contributed by atoms with Gasteiger partial charge in [0.15, 0.2) is 0 Å². The number of nitrogens with one attached hydrogen (secondary N) is 2. The van der Waals surface area contributed by atoms with Gasteiger partial charge in [0.1, 0.15) is 5.69 Å². The first kappa shape index (κ1) is 18.6. The van der Waals surface area contributed by atoms with Gasteiger partial charge in [-0.1, -0.05) is 42.5 Å². The topological polar surface area (TPSA) is 66.9 Å². The van der Waals surface area contributed by atoms with E-state index in [9.17, 15) is 4.79 Å². The van der Waals surface area contributed by atoms with Gasteiger partial charge < -0.3 is 10.6 Å². The Morgan fingerprint density at radius 2 is 1.56 bits per heavy atom. The number of hydrogen-bond donors (Lipinski definition) is 2. The van der Waals surface area contributed by atoms with E-state index in [1.165, 1.54) is 0 Å². The van der Waals surface area contributed by atoms with Gasteiger partial charge in [0.25, 0.3) is 5.91 Å². The Bertz CT molecular complexity index is 962. The Morgan fingerprint density at radius 1 is 0.889 bits per heavy atom. The minimum atomic E-state index is -0.215. The molecule has 0 fully saturated rings. The predicted octanol–water partition coefficient (Wildman–Crippen LogP) is 4.38. The van der Waals surface area contributed by atoms with Crippen LogP contribution >= 0.6 is 0 Å². The average Bonchev–Trinajstić information content (AvgIpc) is 2.63. The smallest absolute Gasteiger partial charge is 0.270 e. The fourth-order valence-electron chi connectivity index (χ4n) is 2.94. The van der Waals surface area contributed by atoms with Crippen LogP contribution in [0, 0.1) is 27.7 Å². The van der Waals surface area contributed by atoms with Crippen LogP contribution in [-0.2, 0) is 6.54 Å². The molecule has 5 nitrogen and oxygen atoms in total. The van der Waals surface area contributed by atoms with Crippen LogP contribution in [0.4, 0.5) is 11.6 Å². The molecule has 1 amide bonds. The van der Waals surface area contributed by atoms with Crippen molar-refractivity contribution in [2.45, 2.75) is 34.2 Å². The maximum absolute atomic E-state index is 12.6. The lowest BCUT2D eigenvalue weighted by atomic mass is 10.1. The fraction of sp³-hybridized carbons (Fsp3) is 0.227. The lowest BCUT2D eigenvalue weighted by Gasteiger charge is -2.13. The van der Waals surface area contributed by atoms with E-state index in [0.717, 1.165) is 33.6 Å². The summed E-state index contributed by atoms with van der Waals surface area (Å²) < 4.78 is 0. The van der Waals surface area contributed by atoms with E-state index >= 15 is 0 Å². The van der Waals surface area contributed by atoms with Crippen molar-refractivity contribution in [3.63, 3.8) is 0 Å². The Kier molecular flexibility index (Phi) is 5.50. The molecule has 2 aromatic carbocycles. The summed E-state index contributed by atoms with van der Waals surface area (Å²) in [6.45, 7) is 8.41. The van der Waals surface area contributed by atoms with E-state index in [1.54, 1.807) is 6.07 Å². The highest BCUT2D eigenvalue weighted by atomic mass is 16.1. The summed E-state index contributed by atoms with van der Waals surface area (Å²) >= 11 is 0. The first-order valence-corrected chi connectivity index (χ1v) is 8.95. The summed E-state index contributed by atoms with van der Waals surface area (Å²) in [5.74, 6) is 0.210. The molecule has 138 valence electrons. The maximum Gasteiger partial charge on any atom is 0.270 e. The highest BCUT2D eigenvalue weighted by Gasteiger charge is 2.12. The van der Waals surface area contributed by atoms with Crippen molar-refractivity contribution in [2.24, 2.45) is 0 Å².